The van der Waals surface area contributed by atoms with E-state index in [2.05, 4.69) is 15.8 Å². The lowest BCUT2D eigenvalue weighted by atomic mass is 10.1. The molecular weight excluding hydrogens is 382 g/mol. The van der Waals surface area contributed by atoms with Gasteiger partial charge in [-0.1, -0.05) is 42.5 Å². The largest absolute Gasteiger partial charge is 0.497 e. The molecule has 154 valence electrons. The second-order valence-electron chi connectivity index (χ2n) is 6.67. The molecule has 0 spiro atoms. The molecule has 0 unspecified atom stereocenters. The molecule has 3 rings (SSSR count). The lowest BCUT2D eigenvalue weighted by Crippen LogP contribution is -2.22. The molecular formula is C23H23N3O4. The fraction of sp³-hybridized carbons (Fsp3) is 0.174. The van der Waals surface area contributed by atoms with Crippen LogP contribution in [0.3, 0.4) is 0 Å². The average molecular weight is 405 g/mol. The number of amides is 2. The van der Waals surface area contributed by atoms with E-state index in [4.69, 9.17) is 9.47 Å². The third-order valence-corrected chi connectivity index (χ3v) is 4.32. The lowest BCUT2D eigenvalue weighted by molar-refractivity contribution is -0.115. The quantitative estimate of drug-likeness (QED) is 0.448. The van der Waals surface area contributed by atoms with Crippen LogP contribution in [0.5, 0.6) is 5.75 Å². The molecule has 2 N–H and O–H groups in total. The van der Waals surface area contributed by atoms with Gasteiger partial charge in [-0.25, -0.2) is 10.2 Å². The second-order valence-corrected chi connectivity index (χ2v) is 6.67. The molecule has 30 heavy (non-hydrogen) atoms. The highest BCUT2D eigenvalue weighted by Crippen LogP contribution is 2.19. The molecule has 0 saturated carbocycles. The summed E-state index contributed by atoms with van der Waals surface area (Å²) < 4.78 is 10.2. The van der Waals surface area contributed by atoms with Crippen molar-refractivity contribution < 1.29 is 19.1 Å². The monoisotopic (exact) mass is 405 g/mol. The first-order valence-corrected chi connectivity index (χ1v) is 9.41. The normalized spacial score (nSPS) is 11.1. The zero-order chi connectivity index (χ0) is 21.3. The van der Waals surface area contributed by atoms with Crippen LogP contribution in [0, 0.1) is 0 Å². The van der Waals surface area contributed by atoms with Crippen LogP contribution >= 0.6 is 0 Å². The van der Waals surface area contributed by atoms with E-state index in [1.807, 2.05) is 42.5 Å². The first-order valence-electron chi connectivity index (χ1n) is 9.41. The van der Waals surface area contributed by atoms with Crippen molar-refractivity contribution >= 4 is 34.2 Å². The number of fused-ring (bicyclic) bond motifs is 1. The number of ether oxygens (including phenoxy) is 2. The van der Waals surface area contributed by atoms with E-state index in [1.54, 1.807) is 38.3 Å². The Labute approximate surface area is 174 Å². The highest BCUT2D eigenvalue weighted by Gasteiger charge is 2.07. The van der Waals surface area contributed by atoms with Gasteiger partial charge in [0, 0.05) is 11.4 Å². The first kappa shape index (κ1) is 20.9. The van der Waals surface area contributed by atoms with Gasteiger partial charge in [0.15, 0.2) is 0 Å². The number of nitrogens with zero attached hydrogens (tertiary/aromatic N) is 1. The van der Waals surface area contributed by atoms with Gasteiger partial charge in [-0.2, -0.15) is 5.10 Å². The highest BCUT2D eigenvalue weighted by molar-refractivity contribution is 6.06. The zero-order valence-electron chi connectivity index (χ0n) is 16.8. The number of methoxy groups -OCH3 is 1. The third-order valence-electron chi connectivity index (χ3n) is 4.32. The maximum atomic E-state index is 12.2. The Morgan fingerprint density at radius 3 is 2.43 bits per heavy atom. The average Bonchev–Trinajstić information content (AvgIpc) is 2.76. The summed E-state index contributed by atoms with van der Waals surface area (Å²) in [5, 5.41) is 8.89. The highest BCUT2D eigenvalue weighted by atomic mass is 16.6. The Kier molecular flexibility index (Phi) is 7.00. The van der Waals surface area contributed by atoms with E-state index in [1.165, 1.54) is 0 Å². The Bertz CT molecular complexity index is 1060. The maximum Gasteiger partial charge on any atom is 0.428 e. The number of rotatable bonds is 7. The molecule has 0 bridgehead atoms. The van der Waals surface area contributed by atoms with Gasteiger partial charge in [0.25, 0.3) is 0 Å². The molecule has 0 aliphatic rings. The van der Waals surface area contributed by atoms with Gasteiger partial charge in [-0.3, -0.25) is 4.79 Å². The van der Waals surface area contributed by atoms with Gasteiger partial charge in [0.2, 0.25) is 5.91 Å². The van der Waals surface area contributed by atoms with Crippen LogP contribution < -0.4 is 15.5 Å². The Hall–Kier alpha value is -3.87. The fourth-order valence-electron chi connectivity index (χ4n) is 2.79. The van der Waals surface area contributed by atoms with Crippen LogP contribution in [0.2, 0.25) is 0 Å². The molecule has 0 aliphatic carbocycles. The van der Waals surface area contributed by atoms with E-state index in [-0.39, 0.29) is 18.9 Å². The summed E-state index contributed by atoms with van der Waals surface area (Å²) in [6.07, 6.45) is -0.647. The van der Waals surface area contributed by atoms with Crippen molar-refractivity contribution in [3.63, 3.8) is 0 Å². The van der Waals surface area contributed by atoms with Gasteiger partial charge in [0.05, 0.1) is 13.5 Å². The molecule has 0 aliphatic heterocycles. The minimum Gasteiger partial charge on any atom is -0.497 e. The maximum absolute atomic E-state index is 12.2. The smallest absolute Gasteiger partial charge is 0.428 e. The molecule has 0 saturated heterocycles. The number of anilines is 1. The fourth-order valence-corrected chi connectivity index (χ4v) is 2.79. The van der Waals surface area contributed by atoms with E-state index in [0.29, 0.717) is 11.4 Å². The molecule has 0 atom stereocenters. The zero-order valence-corrected chi connectivity index (χ0v) is 16.8. The number of hydrogen-bond donors (Lipinski definition) is 2. The Morgan fingerprint density at radius 1 is 0.967 bits per heavy atom. The van der Waals surface area contributed by atoms with E-state index < -0.39 is 6.09 Å². The van der Waals surface area contributed by atoms with Gasteiger partial charge in [-0.05, 0) is 47.5 Å². The predicted molar refractivity (Wildman–Crippen MR) is 117 cm³/mol. The van der Waals surface area contributed by atoms with E-state index in [0.717, 1.165) is 22.1 Å². The lowest BCUT2D eigenvalue weighted by Gasteiger charge is -2.07. The second kappa shape index (κ2) is 10.1. The summed E-state index contributed by atoms with van der Waals surface area (Å²) in [6, 6.07) is 20.8. The molecule has 3 aromatic rings. The van der Waals surface area contributed by atoms with Crippen molar-refractivity contribution in [1.29, 1.82) is 0 Å². The summed E-state index contributed by atoms with van der Waals surface area (Å²) in [7, 11) is 1.58. The Morgan fingerprint density at radius 2 is 1.70 bits per heavy atom. The van der Waals surface area contributed by atoms with Crippen LogP contribution in [-0.4, -0.2) is 24.8 Å². The predicted octanol–water partition coefficient (Wildman–Crippen LogP) is 4.48. The third kappa shape index (κ3) is 6.07. The summed E-state index contributed by atoms with van der Waals surface area (Å²) in [6.45, 7) is 1.76. The van der Waals surface area contributed by atoms with Crippen molar-refractivity contribution in [2.45, 2.75) is 20.0 Å². The summed E-state index contributed by atoms with van der Waals surface area (Å²) in [4.78, 5) is 24.0. The molecule has 7 heteroatoms. The molecule has 3 aromatic carbocycles. The molecule has 0 heterocycles. The molecule has 2 amide bonds. The van der Waals surface area contributed by atoms with Crippen molar-refractivity contribution in [2.24, 2.45) is 5.10 Å². The minimum atomic E-state index is -0.694. The minimum absolute atomic E-state index is 0.0472. The van der Waals surface area contributed by atoms with E-state index in [9.17, 15) is 9.59 Å². The van der Waals surface area contributed by atoms with Crippen LogP contribution in [0.15, 0.2) is 71.8 Å². The summed E-state index contributed by atoms with van der Waals surface area (Å²) in [5.41, 5.74) is 4.27. The standard InChI is InChI=1S/C23H23N3O4/c1-16(25-26-23(28)30-15-17-7-11-21(29-2)12-8-17)13-22(27)24-20-10-9-18-5-3-4-6-19(18)14-20/h3-12,14H,13,15H2,1-2H3,(H,24,27)(H,26,28). The molecule has 7 nitrogen and oxygen atoms in total. The molecule has 0 radical (unpaired) electrons. The van der Waals surface area contributed by atoms with Crippen LogP contribution in [0.25, 0.3) is 10.8 Å². The van der Waals surface area contributed by atoms with Crippen molar-refractivity contribution in [1.82, 2.24) is 5.43 Å². The van der Waals surface area contributed by atoms with Crippen molar-refractivity contribution in [3.8, 4) is 5.75 Å². The molecule has 0 fully saturated rings. The number of hydrogen-bond acceptors (Lipinski definition) is 5. The van der Waals surface area contributed by atoms with Crippen LogP contribution in [0.4, 0.5) is 10.5 Å². The van der Waals surface area contributed by atoms with Gasteiger partial charge < -0.3 is 14.8 Å². The van der Waals surface area contributed by atoms with Gasteiger partial charge >= 0.3 is 6.09 Å². The van der Waals surface area contributed by atoms with Crippen molar-refractivity contribution in [2.75, 3.05) is 12.4 Å². The number of hydrazone groups is 1. The van der Waals surface area contributed by atoms with Gasteiger partial charge in [-0.15, -0.1) is 0 Å². The number of nitrogens with one attached hydrogen (secondary N) is 2. The number of carbonyl (C=O) groups excluding carboxylic acids is 2. The topological polar surface area (TPSA) is 89.0 Å². The van der Waals surface area contributed by atoms with E-state index >= 15 is 0 Å². The summed E-state index contributed by atoms with van der Waals surface area (Å²) >= 11 is 0. The number of carbonyl (C=O) groups is 2. The van der Waals surface area contributed by atoms with Crippen LogP contribution in [0.1, 0.15) is 18.9 Å². The molecule has 0 aromatic heterocycles. The number of benzene rings is 3. The van der Waals surface area contributed by atoms with Gasteiger partial charge in [0.1, 0.15) is 12.4 Å². The SMILES string of the molecule is COc1ccc(COC(=O)NN=C(C)CC(=O)Nc2ccc3ccccc3c2)cc1. The first-order chi connectivity index (χ1) is 14.5. The summed E-state index contributed by atoms with van der Waals surface area (Å²) in [5.74, 6) is 0.505. The Balaban J connectivity index is 1.44. The van der Waals surface area contributed by atoms with Crippen molar-refractivity contribution in [3.05, 3.63) is 72.3 Å². The van der Waals surface area contributed by atoms with Crippen LogP contribution in [-0.2, 0) is 16.1 Å².